The summed E-state index contributed by atoms with van der Waals surface area (Å²) in [6, 6.07) is 12.6. The number of nitrogens with zero attached hydrogens (tertiary/aromatic N) is 3. The Balaban J connectivity index is 1.61. The molecule has 0 aromatic heterocycles. The minimum Gasteiger partial charge on any atom is -0.336 e. The van der Waals surface area contributed by atoms with E-state index in [1.807, 2.05) is 0 Å². The molecule has 7 heteroatoms. The maximum Gasteiger partial charge on any atom is 0.288 e. The fourth-order valence-corrected chi connectivity index (χ4v) is 3.22. The van der Waals surface area contributed by atoms with Gasteiger partial charge in [0.2, 0.25) is 0 Å². The molecule has 6 nitrogen and oxygen atoms in total. The van der Waals surface area contributed by atoms with Crippen molar-refractivity contribution in [3.8, 4) is 0 Å². The van der Waals surface area contributed by atoms with E-state index in [9.17, 15) is 14.9 Å². The van der Waals surface area contributed by atoms with Crippen LogP contribution in [0.15, 0.2) is 42.5 Å². The monoisotopic (exact) mass is 373 g/mol. The summed E-state index contributed by atoms with van der Waals surface area (Å²) in [7, 11) is 0. The summed E-state index contributed by atoms with van der Waals surface area (Å²) < 4.78 is 0. The van der Waals surface area contributed by atoms with E-state index in [0.29, 0.717) is 18.7 Å². The Kier molecular flexibility index (Phi) is 5.54. The van der Waals surface area contributed by atoms with Crippen molar-refractivity contribution < 1.29 is 9.72 Å². The molecule has 0 saturated carbocycles. The highest BCUT2D eigenvalue weighted by atomic mass is 35.5. The summed E-state index contributed by atoms with van der Waals surface area (Å²) >= 11 is 5.81. The molecule has 1 saturated heterocycles. The van der Waals surface area contributed by atoms with E-state index in [1.165, 1.54) is 29.3 Å². The molecule has 0 radical (unpaired) electrons. The number of amides is 1. The van der Waals surface area contributed by atoms with Crippen LogP contribution in [-0.4, -0.2) is 46.8 Å². The molecule has 1 aliphatic heterocycles. The van der Waals surface area contributed by atoms with Gasteiger partial charge >= 0.3 is 0 Å². The van der Waals surface area contributed by atoms with Crippen LogP contribution in [0.25, 0.3) is 0 Å². The molecule has 2 aromatic carbocycles. The number of aryl methyl sites for hydroxylation is 1. The van der Waals surface area contributed by atoms with Crippen LogP contribution in [0.3, 0.4) is 0 Å². The molecular weight excluding hydrogens is 354 g/mol. The van der Waals surface area contributed by atoms with Gasteiger partial charge in [-0.1, -0.05) is 41.4 Å². The van der Waals surface area contributed by atoms with Crippen molar-refractivity contribution >= 4 is 23.2 Å². The SMILES string of the molecule is Cc1ccc(CN2CCN(C(=O)c3ccc(Cl)c([N+](=O)[O-])c3)CC2)cc1. The van der Waals surface area contributed by atoms with Crippen LogP contribution in [0.2, 0.25) is 5.02 Å². The van der Waals surface area contributed by atoms with Crippen molar-refractivity contribution in [2.24, 2.45) is 0 Å². The number of nitro benzene ring substituents is 1. The number of piperazine rings is 1. The van der Waals surface area contributed by atoms with Crippen LogP contribution in [0.4, 0.5) is 5.69 Å². The van der Waals surface area contributed by atoms with Gasteiger partial charge in [0.05, 0.1) is 4.92 Å². The lowest BCUT2D eigenvalue weighted by Gasteiger charge is -2.34. The second-order valence-corrected chi connectivity index (χ2v) is 6.88. The lowest BCUT2D eigenvalue weighted by molar-refractivity contribution is -0.384. The molecule has 26 heavy (non-hydrogen) atoms. The Morgan fingerprint density at radius 3 is 2.38 bits per heavy atom. The van der Waals surface area contributed by atoms with Gasteiger partial charge in [0.25, 0.3) is 11.6 Å². The topological polar surface area (TPSA) is 66.7 Å². The first kappa shape index (κ1) is 18.4. The van der Waals surface area contributed by atoms with Crippen molar-refractivity contribution in [2.75, 3.05) is 26.2 Å². The quantitative estimate of drug-likeness (QED) is 0.607. The highest BCUT2D eigenvalue weighted by molar-refractivity contribution is 6.32. The zero-order chi connectivity index (χ0) is 18.7. The highest BCUT2D eigenvalue weighted by Crippen LogP contribution is 2.26. The van der Waals surface area contributed by atoms with Gasteiger partial charge in [-0.3, -0.25) is 19.8 Å². The largest absolute Gasteiger partial charge is 0.336 e. The van der Waals surface area contributed by atoms with Gasteiger partial charge in [0.15, 0.2) is 0 Å². The molecule has 1 fully saturated rings. The summed E-state index contributed by atoms with van der Waals surface area (Å²) in [6.45, 7) is 5.66. The number of halogens is 1. The second-order valence-electron chi connectivity index (χ2n) is 6.48. The molecule has 2 aromatic rings. The first-order valence-corrected chi connectivity index (χ1v) is 8.83. The maximum atomic E-state index is 12.6. The average molecular weight is 374 g/mol. The molecule has 0 aliphatic carbocycles. The smallest absolute Gasteiger partial charge is 0.288 e. The van der Waals surface area contributed by atoms with Gasteiger partial charge in [0.1, 0.15) is 5.02 Å². The molecule has 0 unspecified atom stereocenters. The van der Waals surface area contributed by atoms with Gasteiger partial charge in [-0.15, -0.1) is 0 Å². The molecular formula is C19H20ClN3O3. The van der Waals surface area contributed by atoms with Crippen LogP contribution in [0, 0.1) is 17.0 Å². The van der Waals surface area contributed by atoms with Crippen molar-refractivity contribution in [3.63, 3.8) is 0 Å². The van der Waals surface area contributed by atoms with Crippen LogP contribution in [0.1, 0.15) is 21.5 Å². The Labute approximate surface area is 157 Å². The maximum absolute atomic E-state index is 12.6. The molecule has 0 bridgehead atoms. The number of hydrogen-bond donors (Lipinski definition) is 0. The lowest BCUT2D eigenvalue weighted by atomic mass is 10.1. The molecule has 0 N–H and O–H groups in total. The average Bonchev–Trinajstić information content (AvgIpc) is 2.64. The summed E-state index contributed by atoms with van der Waals surface area (Å²) in [5.41, 5.74) is 2.55. The van der Waals surface area contributed by atoms with E-state index in [0.717, 1.165) is 19.6 Å². The number of benzene rings is 2. The number of carbonyl (C=O) groups is 1. The van der Waals surface area contributed by atoms with Crippen LogP contribution in [-0.2, 0) is 6.54 Å². The minimum atomic E-state index is -0.571. The van der Waals surface area contributed by atoms with Crippen molar-refractivity contribution in [1.29, 1.82) is 0 Å². The summed E-state index contributed by atoms with van der Waals surface area (Å²) in [5.74, 6) is -0.195. The number of nitro groups is 1. The molecule has 3 rings (SSSR count). The Morgan fingerprint density at radius 1 is 1.12 bits per heavy atom. The third-order valence-electron chi connectivity index (χ3n) is 4.58. The van der Waals surface area contributed by atoms with E-state index >= 15 is 0 Å². The number of rotatable bonds is 4. The Morgan fingerprint density at radius 2 is 1.77 bits per heavy atom. The molecule has 1 heterocycles. The third-order valence-corrected chi connectivity index (χ3v) is 4.90. The first-order chi connectivity index (χ1) is 12.4. The summed E-state index contributed by atoms with van der Waals surface area (Å²) in [5, 5.41) is 11.0. The Hall–Kier alpha value is -2.44. The summed E-state index contributed by atoms with van der Waals surface area (Å²) in [6.07, 6.45) is 0. The Bertz CT molecular complexity index is 815. The van der Waals surface area contributed by atoms with E-state index < -0.39 is 4.92 Å². The first-order valence-electron chi connectivity index (χ1n) is 8.45. The van der Waals surface area contributed by atoms with Crippen molar-refractivity contribution in [3.05, 3.63) is 74.3 Å². The molecule has 0 atom stereocenters. The molecule has 1 aliphatic rings. The van der Waals surface area contributed by atoms with Gasteiger partial charge in [-0.25, -0.2) is 0 Å². The fourth-order valence-electron chi connectivity index (χ4n) is 3.03. The standard InChI is InChI=1S/C19H20ClN3O3/c1-14-2-4-15(5-3-14)13-21-8-10-22(11-9-21)19(24)16-6-7-17(20)18(12-16)23(25)26/h2-7,12H,8-11,13H2,1H3. The number of carbonyl (C=O) groups excluding carboxylic acids is 1. The fraction of sp³-hybridized carbons (Fsp3) is 0.316. The van der Waals surface area contributed by atoms with Gasteiger partial charge < -0.3 is 4.90 Å². The van der Waals surface area contributed by atoms with Gasteiger partial charge in [0, 0.05) is 44.4 Å². The van der Waals surface area contributed by atoms with E-state index in [4.69, 9.17) is 11.6 Å². The van der Waals surface area contributed by atoms with Crippen molar-refractivity contribution in [2.45, 2.75) is 13.5 Å². The van der Waals surface area contributed by atoms with Crippen LogP contribution >= 0.6 is 11.6 Å². The van der Waals surface area contributed by atoms with Gasteiger partial charge in [-0.05, 0) is 24.6 Å². The van der Waals surface area contributed by atoms with E-state index in [1.54, 1.807) is 4.90 Å². The summed E-state index contributed by atoms with van der Waals surface area (Å²) in [4.78, 5) is 27.1. The predicted octanol–water partition coefficient (Wildman–Crippen LogP) is 3.51. The predicted molar refractivity (Wildman–Crippen MR) is 100 cm³/mol. The molecule has 136 valence electrons. The van der Waals surface area contributed by atoms with E-state index in [2.05, 4.69) is 36.1 Å². The third kappa shape index (κ3) is 4.20. The van der Waals surface area contributed by atoms with Gasteiger partial charge in [-0.2, -0.15) is 0 Å². The normalized spacial score (nSPS) is 15.1. The van der Waals surface area contributed by atoms with Crippen molar-refractivity contribution in [1.82, 2.24) is 9.80 Å². The zero-order valence-corrected chi connectivity index (χ0v) is 15.3. The van der Waals surface area contributed by atoms with Crippen LogP contribution < -0.4 is 0 Å². The van der Waals surface area contributed by atoms with Crippen LogP contribution in [0.5, 0.6) is 0 Å². The minimum absolute atomic E-state index is 0.0365. The zero-order valence-electron chi connectivity index (χ0n) is 14.5. The lowest BCUT2D eigenvalue weighted by Crippen LogP contribution is -2.48. The molecule has 0 spiro atoms. The number of hydrogen-bond acceptors (Lipinski definition) is 4. The highest BCUT2D eigenvalue weighted by Gasteiger charge is 2.24. The molecule has 1 amide bonds. The van der Waals surface area contributed by atoms with E-state index in [-0.39, 0.29) is 16.6 Å². The second kappa shape index (κ2) is 7.85.